The van der Waals surface area contributed by atoms with Crippen molar-refractivity contribution >= 4 is 28.1 Å². The van der Waals surface area contributed by atoms with E-state index in [0.717, 1.165) is 5.69 Å². The lowest BCUT2D eigenvalue weighted by Gasteiger charge is -2.21. The van der Waals surface area contributed by atoms with Gasteiger partial charge in [0.2, 0.25) is 0 Å². The van der Waals surface area contributed by atoms with Crippen molar-refractivity contribution < 1.29 is 13.2 Å². The summed E-state index contributed by atoms with van der Waals surface area (Å²) in [6.45, 7) is 5.85. The zero-order valence-corrected chi connectivity index (χ0v) is 12.7. The Bertz CT molecular complexity index is 489. The molecule has 0 aromatic carbocycles. The van der Waals surface area contributed by atoms with E-state index in [1.165, 1.54) is 0 Å². The Balaban J connectivity index is 3.10. The van der Waals surface area contributed by atoms with Gasteiger partial charge < -0.3 is 4.98 Å². The minimum Gasteiger partial charge on any atom is -0.346 e. The molecule has 102 valence electrons. The smallest absolute Gasteiger partial charge is 0.346 e. The van der Waals surface area contributed by atoms with Crippen LogP contribution in [0.25, 0.3) is 0 Å². The summed E-state index contributed by atoms with van der Waals surface area (Å²) in [6.07, 6.45) is -5.29. The molecule has 0 aliphatic carbocycles. The molecule has 1 rings (SSSR count). The number of aromatic amines is 1. The first-order chi connectivity index (χ1) is 8.00. The van der Waals surface area contributed by atoms with E-state index < -0.39 is 12.6 Å². The van der Waals surface area contributed by atoms with Gasteiger partial charge in [-0.3, -0.25) is 0 Å². The van der Waals surface area contributed by atoms with Crippen LogP contribution in [0, 0.1) is 4.64 Å². The first-order valence-corrected chi connectivity index (χ1v) is 6.57. The summed E-state index contributed by atoms with van der Waals surface area (Å²) in [7, 11) is 0. The SMILES string of the molecule is CC(C)(C)c1[nH]c(CCC(F)(F)F)nc(=S)c1Br. The molecule has 0 radical (unpaired) electrons. The van der Waals surface area contributed by atoms with E-state index in [1.54, 1.807) is 0 Å². The molecule has 0 fully saturated rings. The van der Waals surface area contributed by atoms with Crippen LogP contribution in [0.3, 0.4) is 0 Å². The topological polar surface area (TPSA) is 28.7 Å². The predicted molar refractivity (Wildman–Crippen MR) is 70.2 cm³/mol. The van der Waals surface area contributed by atoms with Gasteiger partial charge in [0.25, 0.3) is 0 Å². The standard InChI is InChI=1S/C11H14BrF3N2S/c1-10(2,3)8-7(12)9(18)17-6(16-8)4-5-11(13,14)15/h4-5H2,1-3H3,(H,16,17,18). The molecule has 18 heavy (non-hydrogen) atoms. The Morgan fingerprint density at radius 3 is 2.28 bits per heavy atom. The van der Waals surface area contributed by atoms with Crippen LogP contribution in [-0.4, -0.2) is 16.1 Å². The molecular weight excluding hydrogens is 329 g/mol. The second kappa shape index (κ2) is 5.28. The van der Waals surface area contributed by atoms with Gasteiger partial charge >= 0.3 is 6.18 Å². The molecule has 0 aliphatic rings. The van der Waals surface area contributed by atoms with Crippen molar-refractivity contribution in [3.63, 3.8) is 0 Å². The molecule has 0 saturated heterocycles. The molecule has 0 spiro atoms. The second-order valence-corrected chi connectivity index (χ2v) is 6.22. The molecule has 0 saturated carbocycles. The molecule has 0 atom stereocenters. The van der Waals surface area contributed by atoms with Crippen LogP contribution in [0.4, 0.5) is 13.2 Å². The third kappa shape index (κ3) is 4.35. The lowest BCUT2D eigenvalue weighted by atomic mass is 9.92. The van der Waals surface area contributed by atoms with Gasteiger partial charge in [-0.2, -0.15) is 13.2 Å². The molecule has 0 amide bonds. The fourth-order valence-corrected chi connectivity index (χ4v) is 2.40. The Labute approximate surface area is 117 Å². The fourth-order valence-electron chi connectivity index (χ4n) is 1.40. The number of nitrogens with zero attached hydrogens (tertiary/aromatic N) is 1. The third-order valence-electron chi connectivity index (χ3n) is 2.31. The van der Waals surface area contributed by atoms with Crippen molar-refractivity contribution in [3.05, 3.63) is 20.6 Å². The highest BCUT2D eigenvalue weighted by Gasteiger charge is 2.27. The molecule has 1 N–H and O–H groups in total. The maximum absolute atomic E-state index is 12.2. The highest BCUT2D eigenvalue weighted by Crippen LogP contribution is 2.29. The Kier molecular flexibility index (Phi) is 4.59. The van der Waals surface area contributed by atoms with Gasteiger partial charge in [-0.15, -0.1) is 0 Å². The fraction of sp³-hybridized carbons (Fsp3) is 0.636. The maximum atomic E-state index is 12.2. The number of aryl methyl sites for hydroxylation is 1. The molecular formula is C11H14BrF3N2S. The molecule has 1 aromatic rings. The molecule has 7 heteroatoms. The first-order valence-electron chi connectivity index (χ1n) is 5.36. The van der Waals surface area contributed by atoms with Gasteiger partial charge in [0.05, 0.1) is 10.9 Å². The molecule has 0 aliphatic heterocycles. The van der Waals surface area contributed by atoms with Crippen LogP contribution in [0.15, 0.2) is 4.47 Å². The Hall–Kier alpha value is -0.430. The van der Waals surface area contributed by atoms with Crippen LogP contribution >= 0.6 is 28.1 Å². The predicted octanol–water partition coefficient (Wildman–Crippen LogP) is 4.69. The number of nitrogens with one attached hydrogen (secondary N) is 1. The van der Waals surface area contributed by atoms with Gasteiger partial charge in [0, 0.05) is 17.5 Å². The molecule has 1 heterocycles. The monoisotopic (exact) mass is 342 g/mol. The van der Waals surface area contributed by atoms with Crippen molar-refractivity contribution in [1.29, 1.82) is 0 Å². The average molecular weight is 343 g/mol. The van der Waals surface area contributed by atoms with E-state index in [4.69, 9.17) is 12.2 Å². The zero-order chi connectivity index (χ0) is 14.1. The van der Waals surface area contributed by atoms with Crippen molar-refractivity contribution in [2.75, 3.05) is 0 Å². The van der Waals surface area contributed by atoms with Gasteiger partial charge in [-0.05, 0) is 15.9 Å². The molecule has 1 aromatic heterocycles. The number of hydrogen-bond acceptors (Lipinski definition) is 2. The normalized spacial score (nSPS) is 12.8. The summed E-state index contributed by atoms with van der Waals surface area (Å²) in [5, 5.41) is 0. The van der Waals surface area contributed by atoms with Crippen molar-refractivity contribution in [2.45, 2.75) is 45.2 Å². The van der Waals surface area contributed by atoms with Crippen LogP contribution in [-0.2, 0) is 11.8 Å². The lowest BCUT2D eigenvalue weighted by Crippen LogP contribution is -2.18. The Morgan fingerprint density at radius 2 is 1.83 bits per heavy atom. The van der Waals surface area contributed by atoms with Gasteiger partial charge in [0.15, 0.2) is 0 Å². The quantitative estimate of drug-likeness (QED) is 0.789. The summed E-state index contributed by atoms with van der Waals surface area (Å²) in [5.74, 6) is 0.269. The number of rotatable bonds is 2. The number of H-pyrrole nitrogens is 1. The van der Waals surface area contributed by atoms with E-state index in [0.29, 0.717) is 4.47 Å². The van der Waals surface area contributed by atoms with E-state index in [-0.39, 0.29) is 22.3 Å². The lowest BCUT2D eigenvalue weighted by molar-refractivity contribution is -0.134. The molecule has 0 unspecified atom stereocenters. The minimum atomic E-state index is -4.19. The summed E-state index contributed by atoms with van der Waals surface area (Å²) in [5.41, 5.74) is 0.516. The molecule has 2 nitrogen and oxygen atoms in total. The van der Waals surface area contributed by atoms with Crippen LogP contribution in [0.1, 0.15) is 38.7 Å². The van der Waals surface area contributed by atoms with E-state index in [9.17, 15) is 13.2 Å². The summed E-state index contributed by atoms with van der Waals surface area (Å²) in [6, 6.07) is 0. The number of aromatic nitrogens is 2. The minimum absolute atomic E-state index is 0.191. The van der Waals surface area contributed by atoms with E-state index >= 15 is 0 Å². The van der Waals surface area contributed by atoms with Crippen molar-refractivity contribution in [3.8, 4) is 0 Å². The van der Waals surface area contributed by atoms with E-state index in [2.05, 4.69) is 25.9 Å². The number of alkyl halides is 3. The average Bonchev–Trinajstić information content (AvgIpc) is 2.16. The van der Waals surface area contributed by atoms with Crippen LogP contribution in [0.5, 0.6) is 0 Å². The highest BCUT2D eigenvalue weighted by atomic mass is 79.9. The van der Waals surface area contributed by atoms with Gasteiger partial charge in [-0.25, -0.2) is 4.98 Å². The summed E-state index contributed by atoms with van der Waals surface area (Å²) in [4.78, 5) is 6.90. The summed E-state index contributed by atoms with van der Waals surface area (Å²) >= 11 is 8.37. The second-order valence-electron chi connectivity index (χ2n) is 5.04. The highest BCUT2D eigenvalue weighted by molar-refractivity contribution is 9.10. The van der Waals surface area contributed by atoms with Crippen molar-refractivity contribution in [2.24, 2.45) is 0 Å². The number of halogens is 4. The van der Waals surface area contributed by atoms with Crippen molar-refractivity contribution in [1.82, 2.24) is 9.97 Å². The van der Waals surface area contributed by atoms with Crippen LogP contribution < -0.4 is 0 Å². The van der Waals surface area contributed by atoms with E-state index in [1.807, 2.05) is 20.8 Å². The van der Waals surface area contributed by atoms with Crippen LogP contribution in [0.2, 0.25) is 0 Å². The largest absolute Gasteiger partial charge is 0.389 e. The van der Waals surface area contributed by atoms with Gasteiger partial charge in [0.1, 0.15) is 10.5 Å². The van der Waals surface area contributed by atoms with Gasteiger partial charge in [-0.1, -0.05) is 33.0 Å². The molecule has 0 bridgehead atoms. The third-order valence-corrected chi connectivity index (χ3v) is 3.64. The zero-order valence-electron chi connectivity index (χ0n) is 10.3. The Morgan fingerprint density at radius 1 is 1.28 bits per heavy atom. The maximum Gasteiger partial charge on any atom is 0.389 e. The first kappa shape index (κ1) is 15.6. The summed E-state index contributed by atoms with van der Waals surface area (Å²) < 4.78 is 37.5. The number of hydrogen-bond donors (Lipinski definition) is 1.